The van der Waals surface area contributed by atoms with E-state index < -0.39 is 0 Å². The number of rotatable bonds is 5. The molecule has 1 N–H and O–H groups in total. The van der Waals surface area contributed by atoms with Crippen molar-refractivity contribution < 1.29 is 30.6 Å². The summed E-state index contributed by atoms with van der Waals surface area (Å²) in [6, 6.07) is 55.5. The molecule has 55 heavy (non-hydrogen) atoms. The first-order valence-electron chi connectivity index (χ1n) is 18.3. The molecule has 5 heteroatoms. The van der Waals surface area contributed by atoms with E-state index in [-0.39, 0.29) is 32.2 Å². The number of phenolic OH excluding ortho intramolecular Hbond substituents is 1. The molecule has 9 aromatic rings. The van der Waals surface area contributed by atoms with Crippen molar-refractivity contribution in [1.29, 1.82) is 0 Å². The molecule has 0 fully saturated rings. The standard InChI is InChI=1S/C50H35N2O2.Pt/c1-30-23-35(36-19-12-20-39-38-18-8-10-22-48(38)54-49(36)39)27-44(51-30)32-15-11-16-33(24-32)45-25-34(31-13-5-4-6-14-31)26-46(52-45)41-28-43-40(29-47(41)53)37-17-7-9-21-42(37)50(43,2)3;/h4-23,25-29,53H,1-3H3;/q-1;. The number of hydrogen-bond acceptors (Lipinski definition) is 4. The summed E-state index contributed by atoms with van der Waals surface area (Å²) in [5.74, 6) is 0.207. The molecule has 0 atom stereocenters. The molecule has 0 saturated carbocycles. The van der Waals surface area contributed by atoms with Crippen LogP contribution in [0.3, 0.4) is 0 Å². The van der Waals surface area contributed by atoms with E-state index in [2.05, 4.69) is 111 Å². The van der Waals surface area contributed by atoms with E-state index in [1.807, 2.05) is 67.6 Å². The third kappa shape index (κ3) is 5.80. The Morgan fingerprint density at radius 1 is 0.527 bits per heavy atom. The van der Waals surface area contributed by atoms with E-state index in [1.165, 1.54) is 16.7 Å². The van der Waals surface area contributed by atoms with Crippen LogP contribution >= 0.6 is 0 Å². The van der Waals surface area contributed by atoms with Crippen LogP contribution in [0.15, 0.2) is 156 Å². The maximum Gasteiger partial charge on any atom is 0.143 e. The van der Waals surface area contributed by atoms with Crippen molar-refractivity contribution in [1.82, 2.24) is 9.97 Å². The smallest absolute Gasteiger partial charge is 0.143 e. The van der Waals surface area contributed by atoms with Gasteiger partial charge in [0.05, 0.1) is 5.69 Å². The van der Waals surface area contributed by atoms with Gasteiger partial charge in [-0.05, 0) is 76.2 Å². The number of hydrogen-bond donors (Lipinski definition) is 1. The minimum Gasteiger partial charge on any atom is -0.507 e. The van der Waals surface area contributed by atoms with Crippen molar-refractivity contribution in [2.45, 2.75) is 26.2 Å². The molecule has 3 heterocycles. The van der Waals surface area contributed by atoms with Crippen LogP contribution in [0.5, 0.6) is 5.75 Å². The normalized spacial score (nSPS) is 12.7. The third-order valence-corrected chi connectivity index (χ3v) is 10.9. The second-order valence-corrected chi connectivity index (χ2v) is 14.7. The number of aryl methyl sites for hydroxylation is 1. The fourth-order valence-corrected chi connectivity index (χ4v) is 8.25. The Morgan fingerprint density at radius 3 is 2.02 bits per heavy atom. The number of phenols is 1. The van der Waals surface area contributed by atoms with Crippen LogP contribution in [0, 0.1) is 13.0 Å². The number of aromatic hydroxyl groups is 1. The number of fused-ring (bicyclic) bond motifs is 6. The number of nitrogens with zero attached hydrogens (tertiary/aromatic N) is 2. The molecule has 4 nitrogen and oxygen atoms in total. The van der Waals surface area contributed by atoms with Crippen LogP contribution in [0.4, 0.5) is 0 Å². The van der Waals surface area contributed by atoms with Gasteiger partial charge in [0, 0.05) is 65.5 Å². The van der Waals surface area contributed by atoms with E-state index in [0.717, 1.165) is 78.0 Å². The first kappa shape index (κ1) is 34.7. The average Bonchev–Trinajstić information content (AvgIpc) is 3.69. The van der Waals surface area contributed by atoms with Crippen molar-refractivity contribution in [2.24, 2.45) is 0 Å². The summed E-state index contributed by atoms with van der Waals surface area (Å²) >= 11 is 0. The van der Waals surface area contributed by atoms with Gasteiger partial charge in [0.15, 0.2) is 0 Å². The topological polar surface area (TPSA) is 59.2 Å². The van der Waals surface area contributed by atoms with E-state index >= 15 is 0 Å². The minimum absolute atomic E-state index is 0. The van der Waals surface area contributed by atoms with Crippen LogP contribution < -0.4 is 0 Å². The van der Waals surface area contributed by atoms with Crippen LogP contribution in [0.25, 0.3) is 89.1 Å². The first-order chi connectivity index (χ1) is 26.3. The number of furan rings is 1. The monoisotopic (exact) mass is 890 g/mol. The van der Waals surface area contributed by atoms with Crippen molar-refractivity contribution in [3.8, 4) is 72.9 Å². The molecular weight excluding hydrogens is 856 g/mol. The maximum atomic E-state index is 11.6. The molecule has 268 valence electrons. The summed E-state index contributed by atoms with van der Waals surface area (Å²) in [7, 11) is 0. The molecule has 0 saturated heterocycles. The average molecular weight is 891 g/mol. The fraction of sp³-hybridized carbons (Fsp3) is 0.0800. The van der Waals surface area contributed by atoms with Crippen molar-refractivity contribution in [2.75, 3.05) is 0 Å². The SMILES string of the molecule is Cc1cc(-c2cccc3c2oc2ccccc23)cc(-c2[c-]c(-c3cc(-c4ccccc4)cc(-c4cc5c(cc4O)-c4ccccc4C5(C)C)n3)ccc2)n1.[Pt]. The molecular formula is C50H35N2O2Pt-. The van der Waals surface area contributed by atoms with E-state index in [1.54, 1.807) is 0 Å². The van der Waals surface area contributed by atoms with Crippen LogP contribution in [-0.4, -0.2) is 15.1 Å². The molecule has 1 aliphatic carbocycles. The molecule has 0 bridgehead atoms. The van der Waals surface area contributed by atoms with Crippen LogP contribution in [0.2, 0.25) is 0 Å². The van der Waals surface area contributed by atoms with Crippen LogP contribution in [0.1, 0.15) is 30.7 Å². The van der Waals surface area contributed by atoms with Gasteiger partial charge in [-0.25, -0.2) is 0 Å². The molecule has 0 spiro atoms. The second kappa shape index (κ2) is 13.3. The number of pyridine rings is 2. The first-order valence-corrected chi connectivity index (χ1v) is 18.3. The molecule has 6 aromatic carbocycles. The molecule has 0 aliphatic heterocycles. The quantitative estimate of drug-likeness (QED) is 0.175. The van der Waals surface area contributed by atoms with Crippen molar-refractivity contribution in [3.63, 3.8) is 0 Å². The predicted octanol–water partition coefficient (Wildman–Crippen LogP) is 12.8. The van der Waals surface area contributed by atoms with E-state index in [0.29, 0.717) is 11.3 Å². The third-order valence-electron chi connectivity index (χ3n) is 10.9. The number of benzene rings is 6. The molecule has 0 radical (unpaired) electrons. The van der Waals surface area contributed by atoms with Gasteiger partial charge in [0.2, 0.25) is 0 Å². The summed E-state index contributed by atoms with van der Waals surface area (Å²) in [6.45, 7) is 6.52. The van der Waals surface area contributed by atoms with Gasteiger partial charge in [-0.15, -0.1) is 24.3 Å². The Bertz CT molecular complexity index is 2950. The summed E-state index contributed by atoms with van der Waals surface area (Å²) in [5.41, 5.74) is 15.9. The van der Waals surface area contributed by atoms with Gasteiger partial charge in [-0.1, -0.05) is 128 Å². The number of para-hydroxylation sites is 2. The molecule has 0 unspecified atom stereocenters. The van der Waals surface area contributed by atoms with Crippen molar-refractivity contribution in [3.05, 3.63) is 175 Å². The van der Waals surface area contributed by atoms with Gasteiger partial charge >= 0.3 is 0 Å². The molecule has 3 aromatic heterocycles. The zero-order valence-electron chi connectivity index (χ0n) is 30.5. The zero-order valence-corrected chi connectivity index (χ0v) is 32.8. The Labute approximate surface area is 334 Å². The Hall–Kier alpha value is -6.09. The predicted molar refractivity (Wildman–Crippen MR) is 219 cm³/mol. The zero-order chi connectivity index (χ0) is 36.6. The molecule has 1 aliphatic rings. The van der Waals surface area contributed by atoms with Gasteiger partial charge in [0.25, 0.3) is 0 Å². The van der Waals surface area contributed by atoms with E-state index in [9.17, 15) is 5.11 Å². The summed E-state index contributed by atoms with van der Waals surface area (Å²) in [6.07, 6.45) is 0. The Kier molecular flexibility index (Phi) is 8.40. The molecule has 0 amide bonds. The van der Waals surface area contributed by atoms with Gasteiger partial charge in [-0.3, -0.25) is 9.97 Å². The Balaban J connectivity index is 0.00000397. The largest absolute Gasteiger partial charge is 0.507 e. The van der Waals surface area contributed by atoms with Crippen molar-refractivity contribution >= 4 is 21.9 Å². The summed E-state index contributed by atoms with van der Waals surface area (Å²) < 4.78 is 6.40. The summed E-state index contributed by atoms with van der Waals surface area (Å²) in [4.78, 5) is 10.2. The number of aromatic nitrogens is 2. The molecule has 10 rings (SSSR count). The fourth-order valence-electron chi connectivity index (χ4n) is 8.25. The maximum absolute atomic E-state index is 11.6. The van der Waals surface area contributed by atoms with Gasteiger partial charge in [-0.2, -0.15) is 0 Å². The second-order valence-electron chi connectivity index (χ2n) is 14.7. The van der Waals surface area contributed by atoms with E-state index in [4.69, 9.17) is 14.4 Å². The summed E-state index contributed by atoms with van der Waals surface area (Å²) in [5, 5.41) is 13.8. The minimum atomic E-state index is -0.216. The Morgan fingerprint density at radius 2 is 1.18 bits per heavy atom. The van der Waals surface area contributed by atoms with Gasteiger partial charge in [0.1, 0.15) is 16.9 Å². The van der Waals surface area contributed by atoms with Crippen LogP contribution in [-0.2, 0) is 26.5 Å². The van der Waals surface area contributed by atoms with Gasteiger partial charge < -0.3 is 9.52 Å².